The summed E-state index contributed by atoms with van der Waals surface area (Å²) in [4.78, 5) is 12.6. The number of hydrogen-bond acceptors (Lipinski definition) is 4. The lowest BCUT2D eigenvalue weighted by molar-refractivity contribution is -0.120. The summed E-state index contributed by atoms with van der Waals surface area (Å²) in [6.45, 7) is 2.66. The van der Waals surface area contributed by atoms with Crippen LogP contribution in [0, 0.1) is 11.7 Å². The van der Waals surface area contributed by atoms with Crippen molar-refractivity contribution in [3.63, 3.8) is 0 Å². The van der Waals surface area contributed by atoms with E-state index < -0.39 is 0 Å². The molecule has 1 aromatic carbocycles. The third-order valence-electron chi connectivity index (χ3n) is 5.63. The Balaban J connectivity index is 1.44. The average molecular weight is 403 g/mol. The van der Waals surface area contributed by atoms with Crippen molar-refractivity contribution in [1.29, 1.82) is 0 Å². The largest absolute Gasteiger partial charge is 0.355 e. The smallest absolute Gasteiger partial charge is 0.233 e. The number of amides is 1. The van der Waals surface area contributed by atoms with Gasteiger partial charge in [-0.05, 0) is 50.7 Å². The number of nitrogens with zero attached hydrogens (tertiary/aromatic N) is 3. The van der Waals surface area contributed by atoms with E-state index in [9.17, 15) is 9.18 Å². The van der Waals surface area contributed by atoms with Crippen molar-refractivity contribution < 1.29 is 9.18 Å². The minimum absolute atomic E-state index is 0.0355. The van der Waals surface area contributed by atoms with Crippen molar-refractivity contribution in [3.8, 4) is 11.4 Å². The molecule has 150 valence electrons. The summed E-state index contributed by atoms with van der Waals surface area (Å²) in [6.07, 6.45) is 8.36. The Kier molecular flexibility index (Phi) is 5.99. The quantitative estimate of drug-likeness (QED) is 0.688. The fourth-order valence-electron chi connectivity index (χ4n) is 3.84. The number of carbonyl (C=O) groups excluding carboxylic acids is 1. The van der Waals surface area contributed by atoms with Crippen molar-refractivity contribution in [2.45, 2.75) is 68.3 Å². The first-order valence-corrected chi connectivity index (χ1v) is 11.2. The van der Waals surface area contributed by atoms with E-state index in [0.717, 1.165) is 19.4 Å². The molecule has 2 fully saturated rings. The third-order valence-corrected chi connectivity index (χ3v) is 6.69. The molecule has 1 heterocycles. The number of hydrogen-bond donors (Lipinski definition) is 1. The Morgan fingerprint density at radius 1 is 1.21 bits per heavy atom. The molecule has 0 bridgehead atoms. The normalized spacial score (nSPS) is 18.8. The average Bonchev–Trinajstić information content (AvgIpc) is 3.47. The lowest BCUT2D eigenvalue weighted by Crippen LogP contribution is -2.35. The van der Waals surface area contributed by atoms with Crippen molar-refractivity contribution >= 4 is 17.7 Å². The maximum atomic E-state index is 14.3. The first kappa shape index (κ1) is 19.4. The lowest BCUT2D eigenvalue weighted by Gasteiger charge is -2.22. The highest BCUT2D eigenvalue weighted by Crippen LogP contribution is 2.42. The molecule has 2 aliphatic carbocycles. The Morgan fingerprint density at radius 3 is 2.68 bits per heavy atom. The monoisotopic (exact) mass is 402 g/mol. The Hall–Kier alpha value is -1.89. The topological polar surface area (TPSA) is 59.8 Å². The maximum absolute atomic E-state index is 14.3. The Bertz CT molecular complexity index is 830. The van der Waals surface area contributed by atoms with Gasteiger partial charge in [-0.2, -0.15) is 0 Å². The van der Waals surface area contributed by atoms with Crippen LogP contribution in [0.1, 0.15) is 57.9 Å². The fourth-order valence-corrected chi connectivity index (χ4v) is 4.78. The molecule has 0 aliphatic heterocycles. The van der Waals surface area contributed by atoms with Crippen molar-refractivity contribution in [2.24, 2.45) is 5.92 Å². The van der Waals surface area contributed by atoms with E-state index >= 15 is 0 Å². The van der Waals surface area contributed by atoms with E-state index in [0.29, 0.717) is 28.5 Å². The predicted octanol–water partition coefficient (Wildman–Crippen LogP) is 4.60. The van der Waals surface area contributed by atoms with Gasteiger partial charge in [0.15, 0.2) is 11.0 Å². The molecule has 0 radical (unpaired) electrons. The van der Waals surface area contributed by atoms with E-state index in [-0.39, 0.29) is 17.0 Å². The summed E-state index contributed by atoms with van der Waals surface area (Å²) in [7, 11) is 0. The number of aromatic nitrogens is 3. The van der Waals surface area contributed by atoms with Gasteiger partial charge in [0, 0.05) is 12.6 Å². The van der Waals surface area contributed by atoms with Gasteiger partial charge in [-0.25, -0.2) is 4.39 Å². The second kappa shape index (κ2) is 8.64. The molecule has 2 aromatic rings. The fraction of sp³-hybridized carbons (Fsp3) is 0.571. The Labute approximate surface area is 169 Å². The first-order valence-electron chi connectivity index (χ1n) is 10.3. The molecule has 2 aliphatic rings. The van der Waals surface area contributed by atoms with E-state index in [1.54, 1.807) is 18.2 Å². The van der Waals surface area contributed by atoms with E-state index in [4.69, 9.17) is 0 Å². The molecule has 0 saturated heterocycles. The number of thioether (sulfide) groups is 1. The summed E-state index contributed by atoms with van der Waals surface area (Å²) in [6, 6.07) is 6.94. The molecule has 0 unspecified atom stereocenters. The number of halogens is 1. The van der Waals surface area contributed by atoms with Crippen molar-refractivity contribution in [3.05, 3.63) is 30.1 Å². The van der Waals surface area contributed by atoms with E-state index in [1.807, 2.05) is 11.5 Å². The molecule has 4 rings (SSSR count). The molecule has 7 heteroatoms. The second-order valence-corrected chi connectivity index (χ2v) is 9.20. The molecular weight excluding hydrogens is 375 g/mol. The summed E-state index contributed by atoms with van der Waals surface area (Å²) in [5, 5.41) is 12.1. The van der Waals surface area contributed by atoms with Crippen LogP contribution in [0.15, 0.2) is 29.4 Å². The number of benzene rings is 1. The summed E-state index contributed by atoms with van der Waals surface area (Å²) in [5.41, 5.74) is 0.461. The SMILES string of the molecule is C[C@@H](Sc1nnc(-c2ccccc2F)n1C1CC1)C(=O)NCC1CCCCC1. The maximum Gasteiger partial charge on any atom is 0.233 e. The highest BCUT2D eigenvalue weighted by molar-refractivity contribution is 8.00. The summed E-state index contributed by atoms with van der Waals surface area (Å²) in [5.74, 6) is 0.899. The first-order chi connectivity index (χ1) is 13.6. The molecule has 1 aromatic heterocycles. The highest BCUT2D eigenvalue weighted by Gasteiger charge is 2.32. The summed E-state index contributed by atoms with van der Waals surface area (Å²) < 4.78 is 16.3. The van der Waals surface area contributed by atoms with Gasteiger partial charge in [0.25, 0.3) is 0 Å². The minimum atomic E-state index is -0.299. The van der Waals surface area contributed by atoms with Gasteiger partial charge in [0.1, 0.15) is 5.82 Å². The molecule has 5 nitrogen and oxygen atoms in total. The van der Waals surface area contributed by atoms with Crippen molar-refractivity contribution in [2.75, 3.05) is 6.54 Å². The van der Waals surface area contributed by atoms with Gasteiger partial charge < -0.3 is 5.32 Å². The van der Waals surface area contributed by atoms with E-state index in [2.05, 4.69) is 15.5 Å². The second-order valence-electron chi connectivity index (χ2n) is 7.90. The van der Waals surface area contributed by atoms with Crippen molar-refractivity contribution in [1.82, 2.24) is 20.1 Å². The van der Waals surface area contributed by atoms with E-state index in [1.165, 1.54) is 49.9 Å². The van der Waals surface area contributed by atoms with Crippen LogP contribution in [-0.2, 0) is 4.79 Å². The standard InChI is InChI=1S/C21H27FN4OS/c1-14(20(27)23-13-15-7-3-2-4-8-15)28-21-25-24-19(26(21)16-11-12-16)17-9-5-6-10-18(17)22/h5-6,9-10,14-16H,2-4,7-8,11-13H2,1H3,(H,23,27)/t14-/m1/s1. The zero-order valence-corrected chi connectivity index (χ0v) is 17.1. The Morgan fingerprint density at radius 2 is 1.96 bits per heavy atom. The van der Waals surface area contributed by atoms with Crippen LogP contribution in [0.2, 0.25) is 0 Å². The van der Waals surface area contributed by atoms with Gasteiger partial charge in [0.05, 0.1) is 10.8 Å². The van der Waals surface area contributed by atoms with Gasteiger partial charge in [0.2, 0.25) is 5.91 Å². The lowest BCUT2D eigenvalue weighted by atomic mass is 9.89. The zero-order valence-electron chi connectivity index (χ0n) is 16.2. The molecule has 1 N–H and O–H groups in total. The molecule has 28 heavy (non-hydrogen) atoms. The van der Waals surface area contributed by atoms with Crippen LogP contribution in [0.3, 0.4) is 0 Å². The van der Waals surface area contributed by atoms with Gasteiger partial charge >= 0.3 is 0 Å². The number of rotatable bonds is 7. The summed E-state index contributed by atoms with van der Waals surface area (Å²) >= 11 is 1.41. The molecule has 1 atom stereocenters. The van der Waals surface area contributed by atoms with Crippen LogP contribution < -0.4 is 5.32 Å². The molecule has 1 amide bonds. The minimum Gasteiger partial charge on any atom is -0.355 e. The molecule has 0 spiro atoms. The van der Waals surface area contributed by atoms with Crippen LogP contribution in [0.4, 0.5) is 4.39 Å². The zero-order chi connectivity index (χ0) is 19.5. The highest BCUT2D eigenvalue weighted by atomic mass is 32.2. The predicted molar refractivity (Wildman–Crippen MR) is 109 cm³/mol. The van der Waals surface area contributed by atoms with Crippen LogP contribution >= 0.6 is 11.8 Å². The third kappa shape index (κ3) is 4.40. The van der Waals surface area contributed by atoms with Gasteiger partial charge in [-0.3, -0.25) is 9.36 Å². The number of carbonyl (C=O) groups is 1. The van der Waals surface area contributed by atoms with Gasteiger partial charge in [-0.15, -0.1) is 10.2 Å². The molecule has 2 saturated carbocycles. The van der Waals surface area contributed by atoms with Gasteiger partial charge in [-0.1, -0.05) is 43.2 Å². The van der Waals surface area contributed by atoms with Crippen LogP contribution in [0.5, 0.6) is 0 Å². The van der Waals surface area contributed by atoms with Crippen LogP contribution in [-0.4, -0.2) is 32.5 Å². The molecular formula is C21H27FN4OS. The number of nitrogens with one attached hydrogen (secondary N) is 1. The van der Waals surface area contributed by atoms with Crippen LogP contribution in [0.25, 0.3) is 11.4 Å².